The first-order valence-corrected chi connectivity index (χ1v) is 9.20. The van der Waals surface area contributed by atoms with E-state index in [1.165, 1.54) is 44.0 Å². The normalized spacial score (nSPS) is 13.4. The number of hydrogen-bond donors (Lipinski definition) is 1. The van der Waals surface area contributed by atoms with Crippen LogP contribution in [0.3, 0.4) is 0 Å². The van der Waals surface area contributed by atoms with Crippen LogP contribution < -0.4 is 0 Å². The number of carboxylic acids is 1. The van der Waals surface area contributed by atoms with Crippen LogP contribution in [-0.4, -0.2) is 57.7 Å². The van der Waals surface area contributed by atoms with Crippen molar-refractivity contribution in [2.75, 3.05) is 13.6 Å². The number of carbonyl (C=O) groups is 4. The number of aliphatic carboxylic acids is 1. The van der Waals surface area contributed by atoms with E-state index in [4.69, 9.17) is 0 Å². The number of carbonyl (C=O) groups excluding carboxylic acids is 3. The summed E-state index contributed by atoms with van der Waals surface area (Å²) in [6.07, 6.45) is 0.535. The predicted molar refractivity (Wildman–Crippen MR) is 106 cm³/mol. The molecule has 0 unspecified atom stereocenters. The highest BCUT2D eigenvalue weighted by molar-refractivity contribution is 6.22. The smallest absolute Gasteiger partial charge is 0.329 e. The van der Waals surface area contributed by atoms with Crippen molar-refractivity contribution in [1.29, 1.82) is 0 Å². The van der Waals surface area contributed by atoms with Crippen LogP contribution in [0.1, 0.15) is 50.5 Å². The Morgan fingerprint density at radius 2 is 1.62 bits per heavy atom. The van der Waals surface area contributed by atoms with Gasteiger partial charge in [-0.15, -0.1) is 0 Å². The van der Waals surface area contributed by atoms with Gasteiger partial charge in [0.1, 0.15) is 5.54 Å². The van der Waals surface area contributed by atoms with Crippen LogP contribution in [0.2, 0.25) is 0 Å². The summed E-state index contributed by atoms with van der Waals surface area (Å²) in [5.74, 6) is -2.52. The van der Waals surface area contributed by atoms with E-state index in [2.05, 4.69) is 0 Å². The van der Waals surface area contributed by atoms with E-state index in [0.29, 0.717) is 6.42 Å². The molecule has 0 atom stereocenters. The van der Waals surface area contributed by atoms with Crippen LogP contribution >= 0.6 is 0 Å². The molecule has 0 saturated heterocycles. The topological polar surface area (TPSA) is 95.0 Å². The third-order valence-electron chi connectivity index (χ3n) is 5.35. The first kappa shape index (κ1) is 20.3. The van der Waals surface area contributed by atoms with Gasteiger partial charge in [-0.1, -0.05) is 30.3 Å². The Morgan fingerprint density at radius 1 is 1.00 bits per heavy atom. The van der Waals surface area contributed by atoms with E-state index < -0.39 is 23.3 Å². The molecule has 150 valence electrons. The highest BCUT2D eigenvalue weighted by Gasteiger charge is 2.38. The lowest BCUT2D eigenvalue weighted by atomic mass is 10.0. The van der Waals surface area contributed by atoms with Crippen molar-refractivity contribution < 1.29 is 24.3 Å². The SMILES string of the molecule is CN(C(=O)c1ccc2c(c1)C(=O)N(CCc1ccccc1)C2=O)C(C)(C)C(=O)O. The quantitative estimate of drug-likeness (QED) is 0.760. The number of imide groups is 1. The van der Waals surface area contributed by atoms with Crippen LogP contribution in [0, 0.1) is 0 Å². The first-order valence-electron chi connectivity index (χ1n) is 9.20. The van der Waals surface area contributed by atoms with Gasteiger partial charge in [0, 0.05) is 19.2 Å². The lowest BCUT2D eigenvalue weighted by Crippen LogP contribution is -2.50. The molecule has 1 aliphatic rings. The molecule has 3 rings (SSSR count). The number of carboxylic acid groups (broad SMARTS) is 1. The highest BCUT2D eigenvalue weighted by Crippen LogP contribution is 2.26. The lowest BCUT2D eigenvalue weighted by molar-refractivity contribution is -0.147. The molecular weight excluding hydrogens is 372 g/mol. The van der Waals surface area contributed by atoms with Gasteiger partial charge in [-0.3, -0.25) is 19.3 Å². The maximum Gasteiger partial charge on any atom is 0.329 e. The summed E-state index contributed by atoms with van der Waals surface area (Å²) in [4.78, 5) is 51.8. The van der Waals surface area contributed by atoms with Crippen LogP contribution in [0.15, 0.2) is 48.5 Å². The molecule has 7 heteroatoms. The number of benzene rings is 2. The fourth-order valence-corrected chi connectivity index (χ4v) is 3.10. The molecular formula is C22H22N2O5. The van der Waals surface area contributed by atoms with Crippen molar-refractivity contribution in [3.05, 3.63) is 70.8 Å². The molecule has 3 amide bonds. The van der Waals surface area contributed by atoms with Gasteiger partial charge in [0.2, 0.25) is 0 Å². The van der Waals surface area contributed by atoms with Crippen LogP contribution in [0.5, 0.6) is 0 Å². The van der Waals surface area contributed by atoms with Gasteiger partial charge in [0.15, 0.2) is 0 Å². The Balaban J connectivity index is 1.82. The molecule has 0 aliphatic carbocycles. The van der Waals surface area contributed by atoms with Gasteiger partial charge in [-0.2, -0.15) is 0 Å². The first-order chi connectivity index (χ1) is 13.6. The van der Waals surface area contributed by atoms with Gasteiger partial charge in [-0.05, 0) is 44.0 Å². The molecule has 7 nitrogen and oxygen atoms in total. The van der Waals surface area contributed by atoms with Crippen molar-refractivity contribution in [1.82, 2.24) is 9.80 Å². The summed E-state index contributed by atoms with van der Waals surface area (Å²) >= 11 is 0. The summed E-state index contributed by atoms with van der Waals surface area (Å²) in [5, 5.41) is 9.33. The number of hydrogen-bond acceptors (Lipinski definition) is 4. The van der Waals surface area contributed by atoms with Gasteiger partial charge in [-0.25, -0.2) is 4.79 Å². The van der Waals surface area contributed by atoms with Gasteiger partial charge >= 0.3 is 5.97 Å². The Morgan fingerprint density at radius 3 is 2.24 bits per heavy atom. The Hall–Kier alpha value is -3.48. The standard InChI is InChI=1S/C22H22N2O5/c1-22(2,21(28)29)23(3)18(25)15-9-10-16-17(13-15)20(27)24(19(16)26)12-11-14-7-5-4-6-8-14/h4-10,13H,11-12H2,1-3H3,(H,28,29). The second-order valence-electron chi connectivity index (χ2n) is 7.49. The van der Waals surface area contributed by atoms with E-state index >= 15 is 0 Å². The number of nitrogens with zero attached hydrogens (tertiary/aromatic N) is 2. The summed E-state index contributed by atoms with van der Waals surface area (Å²) in [6, 6.07) is 13.8. The van der Waals surface area contributed by atoms with Crippen molar-refractivity contribution in [3.63, 3.8) is 0 Å². The zero-order chi connectivity index (χ0) is 21.3. The molecule has 1 N–H and O–H groups in total. The third kappa shape index (κ3) is 3.63. The minimum atomic E-state index is -1.42. The van der Waals surface area contributed by atoms with Crippen molar-refractivity contribution in [3.8, 4) is 0 Å². The monoisotopic (exact) mass is 394 g/mol. The van der Waals surface area contributed by atoms with E-state index in [-0.39, 0.29) is 29.1 Å². The summed E-state index contributed by atoms with van der Waals surface area (Å²) in [7, 11) is 1.39. The largest absolute Gasteiger partial charge is 0.480 e. The average molecular weight is 394 g/mol. The maximum atomic E-state index is 12.8. The Labute approximate surface area is 168 Å². The van der Waals surface area contributed by atoms with Crippen LogP contribution in [0.25, 0.3) is 0 Å². The van der Waals surface area contributed by atoms with Gasteiger partial charge < -0.3 is 10.0 Å². The molecule has 1 aliphatic heterocycles. The average Bonchev–Trinajstić information content (AvgIpc) is 2.95. The summed E-state index contributed by atoms with van der Waals surface area (Å²) in [5.41, 5.74) is 0.164. The van der Waals surface area contributed by atoms with Gasteiger partial charge in [0.05, 0.1) is 11.1 Å². The summed E-state index contributed by atoms with van der Waals surface area (Å²) in [6.45, 7) is 3.08. The molecule has 0 aromatic heterocycles. The third-order valence-corrected chi connectivity index (χ3v) is 5.35. The molecule has 29 heavy (non-hydrogen) atoms. The lowest BCUT2D eigenvalue weighted by Gasteiger charge is -2.31. The molecule has 0 saturated carbocycles. The van der Waals surface area contributed by atoms with Crippen LogP contribution in [-0.2, 0) is 11.2 Å². The fourth-order valence-electron chi connectivity index (χ4n) is 3.10. The molecule has 0 radical (unpaired) electrons. The highest BCUT2D eigenvalue weighted by atomic mass is 16.4. The Bertz CT molecular complexity index is 998. The van der Waals surface area contributed by atoms with Crippen molar-refractivity contribution in [2.24, 2.45) is 0 Å². The van der Waals surface area contributed by atoms with Crippen molar-refractivity contribution in [2.45, 2.75) is 25.8 Å². The minimum Gasteiger partial charge on any atom is -0.480 e. The second kappa shape index (κ2) is 7.50. The molecule has 1 heterocycles. The zero-order valence-electron chi connectivity index (χ0n) is 16.5. The number of rotatable bonds is 6. The van der Waals surface area contributed by atoms with Crippen LogP contribution in [0.4, 0.5) is 0 Å². The minimum absolute atomic E-state index is 0.159. The van der Waals surface area contributed by atoms with E-state index in [1.807, 2.05) is 30.3 Å². The zero-order valence-corrected chi connectivity index (χ0v) is 16.5. The van der Waals surface area contributed by atoms with Gasteiger partial charge in [0.25, 0.3) is 17.7 Å². The van der Waals surface area contributed by atoms with E-state index in [9.17, 15) is 24.3 Å². The Kier molecular flexibility index (Phi) is 5.24. The molecule has 2 aromatic carbocycles. The molecule has 0 bridgehead atoms. The number of fused-ring (bicyclic) bond motifs is 1. The van der Waals surface area contributed by atoms with Crippen molar-refractivity contribution >= 4 is 23.7 Å². The summed E-state index contributed by atoms with van der Waals surface area (Å²) < 4.78 is 0. The number of likely N-dealkylation sites (N-methyl/N-ethyl adjacent to an activating group) is 1. The molecule has 0 fully saturated rings. The number of amides is 3. The van der Waals surface area contributed by atoms with E-state index in [0.717, 1.165) is 10.5 Å². The molecule has 0 spiro atoms. The predicted octanol–water partition coefficient (Wildman–Crippen LogP) is 2.46. The van der Waals surface area contributed by atoms with E-state index in [1.54, 1.807) is 0 Å². The second-order valence-corrected chi connectivity index (χ2v) is 7.49. The maximum absolute atomic E-state index is 12.8. The fraction of sp³-hybridized carbons (Fsp3) is 0.273. The molecule has 2 aromatic rings.